The van der Waals surface area contributed by atoms with Gasteiger partial charge >= 0.3 is 0 Å². The van der Waals surface area contributed by atoms with E-state index >= 15 is 0 Å². The number of benzene rings is 1. The van der Waals surface area contributed by atoms with Crippen molar-refractivity contribution in [3.05, 3.63) is 23.8 Å². The third-order valence-electron chi connectivity index (χ3n) is 2.45. The van der Waals surface area contributed by atoms with Crippen LogP contribution in [0.5, 0.6) is 5.75 Å². The molecule has 0 radical (unpaired) electrons. The lowest BCUT2D eigenvalue weighted by Crippen LogP contribution is -2.35. The average Bonchev–Trinajstić information content (AvgIpc) is 2.38. The number of nitrogens with one attached hydrogen (secondary N) is 1. The van der Waals surface area contributed by atoms with E-state index < -0.39 is 0 Å². The normalized spacial score (nSPS) is 12.0. The fourth-order valence-corrected chi connectivity index (χ4v) is 2.01. The highest BCUT2D eigenvalue weighted by molar-refractivity contribution is 7.98. The third-order valence-corrected chi connectivity index (χ3v) is 3.17. The molecule has 1 rings (SSSR count). The van der Waals surface area contributed by atoms with Crippen molar-refractivity contribution in [3.8, 4) is 5.75 Å². The maximum atomic E-state index is 12.1. The summed E-state index contributed by atoms with van der Waals surface area (Å²) in [6, 6.07) is 5.51. The summed E-state index contributed by atoms with van der Waals surface area (Å²) in [5, 5.41) is 2.86. The van der Waals surface area contributed by atoms with Crippen molar-refractivity contribution in [2.45, 2.75) is 17.9 Å². The minimum atomic E-state index is -0.149. The first-order valence-corrected chi connectivity index (χ1v) is 6.86. The molecule has 0 heterocycles. The van der Waals surface area contributed by atoms with Crippen LogP contribution in [0.25, 0.3) is 0 Å². The van der Waals surface area contributed by atoms with Crippen molar-refractivity contribution in [1.29, 1.82) is 0 Å². The molecule has 0 saturated heterocycles. The summed E-state index contributed by atoms with van der Waals surface area (Å²) >= 11 is 1.61. The smallest absolute Gasteiger partial charge is 0.255 e. The van der Waals surface area contributed by atoms with E-state index in [0.717, 1.165) is 4.90 Å². The Morgan fingerprint density at radius 1 is 1.44 bits per heavy atom. The van der Waals surface area contributed by atoms with Crippen molar-refractivity contribution >= 4 is 17.7 Å². The van der Waals surface area contributed by atoms with Crippen LogP contribution in [0.4, 0.5) is 0 Å². The van der Waals surface area contributed by atoms with Gasteiger partial charge in [-0.2, -0.15) is 0 Å². The van der Waals surface area contributed by atoms with Gasteiger partial charge in [0.2, 0.25) is 0 Å². The highest BCUT2D eigenvalue weighted by Gasteiger charge is 2.14. The van der Waals surface area contributed by atoms with E-state index in [4.69, 9.17) is 9.47 Å². The SMILES string of the molecule is COCC(C)NC(=O)c1ccc(SC)cc1OC. The second kappa shape index (κ2) is 7.28. The molecule has 1 amide bonds. The van der Waals surface area contributed by atoms with Crippen LogP contribution in [-0.4, -0.2) is 39.0 Å². The Labute approximate surface area is 112 Å². The molecule has 100 valence electrons. The van der Waals surface area contributed by atoms with Crippen molar-refractivity contribution in [2.24, 2.45) is 0 Å². The van der Waals surface area contributed by atoms with Crippen LogP contribution in [0.1, 0.15) is 17.3 Å². The molecular formula is C13H19NO3S. The van der Waals surface area contributed by atoms with E-state index in [0.29, 0.717) is 17.9 Å². The Morgan fingerprint density at radius 2 is 2.17 bits per heavy atom. The molecule has 0 bridgehead atoms. The highest BCUT2D eigenvalue weighted by Crippen LogP contribution is 2.25. The fourth-order valence-electron chi connectivity index (χ4n) is 1.58. The van der Waals surface area contributed by atoms with Crippen LogP contribution in [0.3, 0.4) is 0 Å². The van der Waals surface area contributed by atoms with E-state index in [1.807, 2.05) is 25.3 Å². The molecule has 1 aromatic carbocycles. The maximum absolute atomic E-state index is 12.1. The van der Waals surface area contributed by atoms with Crippen molar-refractivity contribution in [1.82, 2.24) is 5.32 Å². The van der Waals surface area contributed by atoms with E-state index in [2.05, 4.69) is 5.32 Å². The summed E-state index contributed by atoms with van der Waals surface area (Å²) in [5.74, 6) is 0.438. The van der Waals surface area contributed by atoms with Crippen LogP contribution < -0.4 is 10.1 Å². The van der Waals surface area contributed by atoms with Crippen molar-refractivity contribution in [3.63, 3.8) is 0 Å². The maximum Gasteiger partial charge on any atom is 0.255 e. The molecule has 0 aliphatic carbocycles. The molecule has 1 aromatic rings. The zero-order chi connectivity index (χ0) is 13.5. The van der Waals surface area contributed by atoms with Crippen LogP contribution >= 0.6 is 11.8 Å². The van der Waals surface area contributed by atoms with Gasteiger partial charge in [-0.05, 0) is 31.4 Å². The molecule has 0 aliphatic rings. The number of methoxy groups -OCH3 is 2. The summed E-state index contributed by atoms with van der Waals surface area (Å²) in [4.78, 5) is 13.1. The Bertz CT molecular complexity index is 409. The number of thioether (sulfide) groups is 1. The topological polar surface area (TPSA) is 47.6 Å². The monoisotopic (exact) mass is 269 g/mol. The molecule has 1 unspecified atom stereocenters. The summed E-state index contributed by atoms with van der Waals surface area (Å²) in [6.07, 6.45) is 1.98. The van der Waals surface area contributed by atoms with Gasteiger partial charge in [-0.3, -0.25) is 4.79 Å². The fraction of sp³-hybridized carbons (Fsp3) is 0.462. The minimum absolute atomic E-state index is 0.0348. The second-order valence-corrected chi connectivity index (χ2v) is 4.78. The molecule has 4 nitrogen and oxygen atoms in total. The van der Waals surface area contributed by atoms with Crippen LogP contribution in [0.2, 0.25) is 0 Å². The van der Waals surface area contributed by atoms with Crippen LogP contribution in [0, 0.1) is 0 Å². The minimum Gasteiger partial charge on any atom is -0.496 e. The van der Waals surface area contributed by atoms with E-state index in [1.165, 1.54) is 0 Å². The number of carbonyl (C=O) groups is 1. The Hall–Kier alpha value is -1.20. The molecule has 0 aromatic heterocycles. The molecule has 5 heteroatoms. The lowest BCUT2D eigenvalue weighted by atomic mass is 10.1. The lowest BCUT2D eigenvalue weighted by molar-refractivity contribution is 0.0902. The van der Waals surface area contributed by atoms with E-state index in [1.54, 1.807) is 32.0 Å². The number of amides is 1. The number of ether oxygens (including phenoxy) is 2. The van der Waals surface area contributed by atoms with Gasteiger partial charge in [-0.25, -0.2) is 0 Å². The quantitative estimate of drug-likeness (QED) is 0.804. The van der Waals surface area contributed by atoms with Gasteiger partial charge < -0.3 is 14.8 Å². The summed E-state index contributed by atoms with van der Waals surface area (Å²) < 4.78 is 10.2. The largest absolute Gasteiger partial charge is 0.496 e. The van der Waals surface area contributed by atoms with Gasteiger partial charge in [-0.15, -0.1) is 11.8 Å². The molecule has 1 atom stereocenters. The van der Waals surface area contributed by atoms with Crippen LogP contribution in [-0.2, 0) is 4.74 Å². The summed E-state index contributed by atoms with van der Waals surface area (Å²) in [6.45, 7) is 2.38. The molecule has 0 aliphatic heterocycles. The average molecular weight is 269 g/mol. The Balaban J connectivity index is 2.84. The molecular weight excluding hydrogens is 250 g/mol. The van der Waals surface area contributed by atoms with Crippen molar-refractivity contribution < 1.29 is 14.3 Å². The predicted molar refractivity (Wildman–Crippen MR) is 73.6 cm³/mol. The van der Waals surface area contributed by atoms with E-state index in [-0.39, 0.29) is 11.9 Å². The number of hydrogen-bond donors (Lipinski definition) is 1. The summed E-state index contributed by atoms with van der Waals surface area (Å²) in [7, 11) is 3.17. The van der Waals surface area contributed by atoms with Crippen molar-refractivity contribution in [2.75, 3.05) is 27.1 Å². The molecule has 0 spiro atoms. The highest BCUT2D eigenvalue weighted by atomic mass is 32.2. The van der Waals surface area contributed by atoms with Gasteiger partial charge in [0.25, 0.3) is 5.91 Å². The Kier molecular flexibility index (Phi) is 6.01. The molecule has 0 fully saturated rings. The molecule has 1 N–H and O–H groups in total. The zero-order valence-corrected chi connectivity index (χ0v) is 12.0. The number of hydrogen-bond acceptors (Lipinski definition) is 4. The Morgan fingerprint density at radius 3 is 2.72 bits per heavy atom. The molecule has 0 saturated carbocycles. The van der Waals surface area contributed by atoms with Gasteiger partial charge in [0, 0.05) is 18.0 Å². The third kappa shape index (κ3) is 3.92. The molecule has 18 heavy (non-hydrogen) atoms. The summed E-state index contributed by atoms with van der Waals surface area (Å²) in [5.41, 5.74) is 0.540. The van der Waals surface area contributed by atoms with Gasteiger partial charge in [0.15, 0.2) is 0 Å². The standard InChI is InChI=1S/C13H19NO3S/c1-9(8-16-2)14-13(15)11-6-5-10(18-4)7-12(11)17-3/h5-7,9H,8H2,1-4H3,(H,14,15). The van der Waals surface area contributed by atoms with Crippen LogP contribution in [0.15, 0.2) is 23.1 Å². The predicted octanol–water partition coefficient (Wildman–Crippen LogP) is 2.18. The first-order valence-electron chi connectivity index (χ1n) is 5.64. The first-order chi connectivity index (χ1) is 8.62. The van der Waals surface area contributed by atoms with E-state index in [9.17, 15) is 4.79 Å². The zero-order valence-electron chi connectivity index (χ0n) is 11.1. The van der Waals surface area contributed by atoms with Gasteiger partial charge in [0.05, 0.1) is 19.3 Å². The number of rotatable bonds is 6. The first kappa shape index (κ1) is 14.9. The second-order valence-electron chi connectivity index (χ2n) is 3.90. The van der Waals surface area contributed by atoms with Gasteiger partial charge in [0.1, 0.15) is 5.75 Å². The lowest BCUT2D eigenvalue weighted by Gasteiger charge is -2.14. The van der Waals surface area contributed by atoms with Gasteiger partial charge in [-0.1, -0.05) is 0 Å². The number of carbonyl (C=O) groups excluding carboxylic acids is 1.